The van der Waals surface area contributed by atoms with Gasteiger partial charge in [-0.05, 0) is 48.9 Å². The van der Waals surface area contributed by atoms with E-state index in [4.69, 9.17) is 5.26 Å². The first-order chi connectivity index (χ1) is 12.6. The molecule has 0 aliphatic heterocycles. The van der Waals surface area contributed by atoms with E-state index in [1.54, 1.807) is 30.5 Å². The molecule has 1 heterocycles. The van der Waals surface area contributed by atoms with Crippen molar-refractivity contribution in [1.29, 1.82) is 5.26 Å². The van der Waals surface area contributed by atoms with Crippen LogP contribution in [0.5, 0.6) is 0 Å². The third-order valence-electron chi connectivity index (χ3n) is 3.83. The molecule has 0 fully saturated rings. The Kier molecular flexibility index (Phi) is 5.25. The Morgan fingerprint density at radius 2 is 1.88 bits per heavy atom. The number of nitrogens with one attached hydrogen (secondary N) is 2. The predicted octanol–water partition coefficient (Wildman–Crippen LogP) is 3.94. The number of carbonyl (C=O) groups excluding carboxylic acids is 1. The fraction of sp³-hybridized carbons (Fsp3) is 0.0952. The van der Waals surface area contributed by atoms with Crippen molar-refractivity contribution in [1.82, 2.24) is 10.3 Å². The summed E-state index contributed by atoms with van der Waals surface area (Å²) in [6, 6.07) is 20.7. The second kappa shape index (κ2) is 7.95. The van der Waals surface area contributed by atoms with E-state index >= 15 is 0 Å². The Bertz CT molecular complexity index is 958. The zero-order valence-corrected chi connectivity index (χ0v) is 14.4. The lowest BCUT2D eigenvalue weighted by atomic mass is 10.1. The number of carbonyl (C=O) groups is 1. The summed E-state index contributed by atoms with van der Waals surface area (Å²) < 4.78 is 0. The quantitative estimate of drug-likeness (QED) is 0.736. The monoisotopic (exact) mass is 342 g/mol. The summed E-state index contributed by atoms with van der Waals surface area (Å²) in [5, 5.41) is 14.9. The lowest BCUT2D eigenvalue weighted by Crippen LogP contribution is -2.23. The van der Waals surface area contributed by atoms with Crippen molar-refractivity contribution in [3.63, 3.8) is 0 Å². The molecular formula is C21H18N4O. The van der Waals surface area contributed by atoms with Gasteiger partial charge in [0.15, 0.2) is 0 Å². The average Bonchev–Trinajstić information content (AvgIpc) is 2.67. The maximum atomic E-state index is 12.4. The maximum absolute atomic E-state index is 12.4. The summed E-state index contributed by atoms with van der Waals surface area (Å²) in [5.41, 5.74) is 4.73. The number of benzene rings is 2. The molecule has 128 valence electrons. The molecule has 0 aliphatic carbocycles. The number of nitriles is 1. The smallest absolute Gasteiger partial charge is 0.270 e. The molecule has 0 saturated carbocycles. The first-order valence-electron chi connectivity index (χ1n) is 8.21. The van der Waals surface area contributed by atoms with Gasteiger partial charge in [-0.25, -0.2) is 0 Å². The zero-order valence-electron chi connectivity index (χ0n) is 14.4. The Morgan fingerprint density at radius 3 is 2.62 bits per heavy atom. The van der Waals surface area contributed by atoms with Crippen molar-refractivity contribution in [3.05, 3.63) is 89.2 Å². The molecule has 1 amide bonds. The first-order valence-corrected chi connectivity index (χ1v) is 8.21. The van der Waals surface area contributed by atoms with Crippen LogP contribution in [-0.2, 0) is 6.54 Å². The van der Waals surface area contributed by atoms with Crippen LogP contribution in [0, 0.1) is 18.3 Å². The van der Waals surface area contributed by atoms with Crippen molar-refractivity contribution < 1.29 is 4.79 Å². The third kappa shape index (κ3) is 4.46. The SMILES string of the molecule is Cc1cccc(CNC(=O)c2cc(Nc3ccc(C#N)cc3)ccn2)c1. The number of anilines is 2. The summed E-state index contributed by atoms with van der Waals surface area (Å²) in [4.78, 5) is 16.5. The molecule has 0 aliphatic rings. The third-order valence-corrected chi connectivity index (χ3v) is 3.83. The average molecular weight is 342 g/mol. The fourth-order valence-electron chi connectivity index (χ4n) is 2.52. The summed E-state index contributed by atoms with van der Waals surface area (Å²) >= 11 is 0. The summed E-state index contributed by atoms with van der Waals surface area (Å²) in [5.74, 6) is -0.227. The number of nitrogens with zero attached hydrogens (tertiary/aromatic N) is 2. The molecule has 5 nitrogen and oxygen atoms in total. The van der Waals surface area contributed by atoms with Crippen molar-refractivity contribution in [3.8, 4) is 6.07 Å². The van der Waals surface area contributed by atoms with Gasteiger partial charge >= 0.3 is 0 Å². The highest BCUT2D eigenvalue weighted by molar-refractivity contribution is 5.93. The summed E-state index contributed by atoms with van der Waals surface area (Å²) in [6.45, 7) is 2.47. The molecule has 5 heteroatoms. The number of rotatable bonds is 5. The Hall–Kier alpha value is -3.65. The van der Waals surface area contributed by atoms with E-state index < -0.39 is 0 Å². The van der Waals surface area contributed by atoms with Gasteiger partial charge in [0.25, 0.3) is 5.91 Å². The molecule has 0 radical (unpaired) electrons. The van der Waals surface area contributed by atoms with Gasteiger partial charge in [0.1, 0.15) is 5.69 Å². The number of pyridine rings is 1. The topological polar surface area (TPSA) is 77.8 Å². The van der Waals surface area contributed by atoms with Gasteiger partial charge in [0.2, 0.25) is 0 Å². The van der Waals surface area contributed by atoms with Crippen LogP contribution in [0.4, 0.5) is 11.4 Å². The van der Waals surface area contributed by atoms with Crippen LogP contribution in [0.15, 0.2) is 66.9 Å². The second-order valence-corrected chi connectivity index (χ2v) is 5.92. The minimum atomic E-state index is -0.227. The fourth-order valence-corrected chi connectivity index (χ4v) is 2.52. The summed E-state index contributed by atoms with van der Waals surface area (Å²) in [7, 11) is 0. The first kappa shape index (κ1) is 17.2. The summed E-state index contributed by atoms with van der Waals surface area (Å²) in [6.07, 6.45) is 1.59. The molecule has 0 unspecified atom stereocenters. The van der Waals surface area contributed by atoms with Crippen LogP contribution >= 0.6 is 0 Å². The van der Waals surface area contributed by atoms with Gasteiger partial charge in [-0.2, -0.15) is 5.26 Å². The van der Waals surface area contributed by atoms with Gasteiger partial charge in [0.05, 0.1) is 11.6 Å². The molecular weight excluding hydrogens is 324 g/mol. The van der Waals surface area contributed by atoms with Crippen LogP contribution in [0.1, 0.15) is 27.2 Å². The highest BCUT2D eigenvalue weighted by Crippen LogP contribution is 2.17. The highest BCUT2D eigenvalue weighted by atomic mass is 16.1. The molecule has 0 saturated heterocycles. The molecule has 3 aromatic rings. The van der Waals surface area contributed by atoms with Crippen molar-refractivity contribution >= 4 is 17.3 Å². The number of hydrogen-bond donors (Lipinski definition) is 2. The molecule has 26 heavy (non-hydrogen) atoms. The van der Waals surface area contributed by atoms with Crippen LogP contribution in [-0.4, -0.2) is 10.9 Å². The van der Waals surface area contributed by atoms with Crippen LogP contribution in [0.25, 0.3) is 0 Å². The van der Waals surface area contributed by atoms with E-state index in [1.165, 1.54) is 0 Å². The van der Waals surface area contributed by atoms with Crippen molar-refractivity contribution in [2.75, 3.05) is 5.32 Å². The Balaban J connectivity index is 1.66. The number of amides is 1. The largest absolute Gasteiger partial charge is 0.355 e. The molecule has 2 aromatic carbocycles. The minimum absolute atomic E-state index is 0.227. The number of aryl methyl sites for hydroxylation is 1. The normalized spacial score (nSPS) is 10.0. The zero-order chi connectivity index (χ0) is 18.4. The standard InChI is InChI=1S/C21H18N4O/c1-15-3-2-4-17(11-15)14-24-21(26)20-12-19(9-10-23-20)25-18-7-5-16(13-22)6-8-18/h2-12H,14H2,1H3,(H,23,25)(H,24,26). The number of aromatic nitrogens is 1. The number of hydrogen-bond acceptors (Lipinski definition) is 4. The van der Waals surface area contributed by atoms with Crippen LogP contribution in [0.2, 0.25) is 0 Å². The predicted molar refractivity (Wildman–Crippen MR) is 101 cm³/mol. The van der Waals surface area contributed by atoms with Crippen LogP contribution in [0.3, 0.4) is 0 Å². The van der Waals surface area contributed by atoms with E-state index in [2.05, 4.69) is 21.7 Å². The maximum Gasteiger partial charge on any atom is 0.270 e. The highest BCUT2D eigenvalue weighted by Gasteiger charge is 2.08. The molecule has 0 atom stereocenters. The minimum Gasteiger partial charge on any atom is -0.355 e. The molecule has 3 rings (SSSR count). The molecule has 1 aromatic heterocycles. The Labute approximate surface area is 152 Å². The van der Waals surface area contributed by atoms with E-state index in [-0.39, 0.29) is 5.91 Å². The van der Waals surface area contributed by atoms with Gasteiger partial charge in [-0.3, -0.25) is 9.78 Å². The lowest BCUT2D eigenvalue weighted by molar-refractivity contribution is 0.0946. The van der Waals surface area contributed by atoms with E-state index in [9.17, 15) is 4.79 Å². The van der Waals surface area contributed by atoms with E-state index in [1.807, 2.05) is 43.3 Å². The van der Waals surface area contributed by atoms with Gasteiger partial charge < -0.3 is 10.6 Å². The molecule has 0 bridgehead atoms. The van der Waals surface area contributed by atoms with Gasteiger partial charge in [-0.1, -0.05) is 29.8 Å². The lowest BCUT2D eigenvalue weighted by Gasteiger charge is -2.09. The van der Waals surface area contributed by atoms with E-state index in [0.29, 0.717) is 17.8 Å². The van der Waals surface area contributed by atoms with E-state index in [0.717, 1.165) is 22.5 Å². The molecule has 2 N–H and O–H groups in total. The second-order valence-electron chi connectivity index (χ2n) is 5.92. The van der Waals surface area contributed by atoms with Crippen molar-refractivity contribution in [2.24, 2.45) is 0 Å². The van der Waals surface area contributed by atoms with Crippen LogP contribution < -0.4 is 10.6 Å². The van der Waals surface area contributed by atoms with Crippen molar-refractivity contribution in [2.45, 2.75) is 13.5 Å². The Morgan fingerprint density at radius 1 is 1.08 bits per heavy atom. The van der Waals surface area contributed by atoms with Gasteiger partial charge in [-0.15, -0.1) is 0 Å². The van der Waals surface area contributed by atoms with Gasteiger partial charge in [0, 0.05) is 24.1 Å². The molecule has 0 spiro atoms.